The molecular weight excluding hydrogens is 204 g/mol. The fourth-order valence-electron chi connectivity index (χ4n) is 1.32. The fraction of sp³-hybridized carbons (Fsp3) is 1.00. The van der Waals surface area contributed by atoms with Crippen LogP contribution in [0.5, 0.6) is 0 Å². The van der Waals surface area contributed by atoms with Crippen LogP contribution in [0.3, 0.4) is 0 Å². The average molecular weight is 234 g/mol. The van der Waals surface area contributed by atoms with Gasteiger partial charge in [0, 0.05) is 19.8 Å². The van der Waals surface area contributed by atoms with Crippen molar-refractivity contribution in [1.29, 1.82) is 0 Å². The van der Waals surface area contributed by atoms with Crippen LogP contribution in [0.4, 0.5) is 0 Å². The maximum Gasteiger partial charge on any atom is 0.0452 e. The number of aliphatic hydroxyl groups excluding tert-OH is 3. The summed E-state index contributed by atoms with van der Waals surface area (Å²) in [7, 11) is 0. The van der Waals surface area contributed by atoms with Crippen molar-refractivity contribution in [3.63, 3.8) is 0 Å². The fourth-order valence-corrected chi connectivity index (χ4v) is 1.32. The molecule has 3 N–H and O–H groups in total. The molecule has 0 aromatic rings. The van der Waals surface area contributed by atoms with Gasteiger partial charge in [0.25, 0.3) is 0 Å². The molecule has 0 radical (unpaired) electrons. The summed E-state index contributed by atoms with van der Waals surface area (Å²) in [6.07, 6.45) is 10.9. The number of hydrogen-bond acceptors (Lipinski definition) is 3. The van der Waals surface area contributed by atoms with Crippen LogP contribution < -0.4 is 0 Å². The molecule has 0 atom stereocenters. The lowest BCUT2D eigenvalue weighted by atomic mass is 10.1. The molecule has 0 amide bonds. The zero-order valence-corrected chi connectivity index (χ0v) is 10.8. The third-order valence-electron chi connectivity index (χ3n) is 2.33. The van der Waals surface area contributed by atoms with E-state index in [9.17, 15) is 0 Å². The van der Waals surface area contributed by atoms with Crippen LogP contribution in [0.2, 0.25) is 0 Å². The molecular formula is C13H30O3. The van der Waals surface area contributed by atoms with Gasteiger partial charge >= 0.3 is 0 Å². The van der Waals surface area contributed by atoms with Crippen molar-refractivity contribution in [2.75, 3.05) is 19.8 Å². The molecule has 0 aliphatic rings. The van der Waals surface area contributed by atoms with Gasteiger partial charge < -0.3 is 15.3 Å². The molecule has 0 bridgehead atoms. The van der Waals surface area contributed by atoms with E-state index in [4.69, 9.17) is 15.3 Å². The molecule has 0 heterocycles. The lowest BCUT2D eigenvalue weighted by Gasteiger charge is -1.98. The predicted octanol–water partition coefficient (Wildman–Crippen LogP) is 2.48. The monoisotopic (exact) mass is 234 g/mol. The summed E-state index contributed by atoms with van der Waals surface area (Å²) >= 11 is 0. The molecule has 3 nitrogen and oxygen atoms in total. The number of aliphatic hydroxyl groups is 3. The van der Waals surface area contributed by atoms with E-state index in [1.54, 1.807) is 0 Å². The lowest BCUT2D eigenvalue weighted by Crippen LogP contribution is -1.85. The van der Waals surface area contributed by atoms with Gasteiger partial charge in [0.1, 0.15) is 0 Å². The minimum absolute atomic E-state index is 0.0938. The summed E-state index contributed by atoms with van der Waals surface area (Å²) in [5, 5.41) is 24.3. The van der Waals surface area contributed by atoms with Gasteiger partial charge in [-0.05, 0) is 12.8 Å². The maximum absolute atomic E-state index is 8.51. The predicted molar refractivity (Wildman–Crippen MR) is 68.5 cm³/mol. The second-order valence-electron chi connectivity index (χ2n) is 4.00. The Labute approximate surface area is 101 Å². The van der Waals surface area contributed by atoms with Gasteiger partial charge in [-0.1, -0.05) is 51.9 Å². The van der Waals surface area contributed by atoms with Crippen LogP contribution in [0.15, 0.2) is 0 Å². The molecule has 0 aromatic heterocycles. The Morgan fingerprint density at radius 2 is 0.875 bits per heavy atom. The number of unbranched alkanes of at least 4 members (excludes halogenated alkanes) is 7. The molecule has 0 spiro atoms. The average Bonchev–Trinajstić information content (AvgIpc) is 2.30. The molecule has 3 heteroatoms. The Morgan fingerprint density at radius 1 is 0.500 bits per heavy atom. The van der Waals surface area contributed by atoms with Crippen LogP contribution in [-0.2, 0) is 0 Å². The number of rotatable bonds is 10. The highest BCUT2D eigenvalue weighted by atomic mass is 16.3. The zero-order valence-electron chi connectivity index (χ0n) is 10.8. The summed E-state index contributed by atoms with van der Waals surface area (Å²) in [5.41, 5.74) is 0. The molecule has 16 heavy (non-hydrogen) atoms. The summed E-state index contributed by atoms with van der Waals surface area (Å²) in [4.78, 5) is 0. The van der Waals surface area contributed by atoms with E-state index in [-0.39, 0.29) is 13.2 Å². The lowest BCUT2D eigenvalue weighted by molar-refractivity contribution is 0.221. The normalized spacial score (nSPS) is 9.75. The first kappa shape index (κ1) is 18.3. The Hall–Kier alpha value is -0.120. The van der Waals surface area contributed by atoms with E-state index in [2.05, 4.69) is 6.92 Å². The Morgan fingerprint density at radius 3 is 1.19 bits per heavy atom. The van der Waals surface area contributed by atoms with Crippen LogP contribution in [0.25, 0.3) is 0 Å². The van der Waals surface area contributed by atoms with Crippen LogP contribution in [0, 0.1) is 0 Å². The third kappa shape index (κ3) is 23.6. The van der Waals surface area contributed by atoms with E-state index < -0.39 is 0 Å². The summed E-state index contributed by atoms with van der Waals surface area (Å²) in [6, 6.07) is 0. The molecule has 0 unspecified atom stereocenters. The molecule has 0 saturated carbocycles. The first-order valence-corrected chi connectivity index (χ1v) is 6.66. The Balaban J connectivity index is 0. The Bertz CT molecular complexity index is 87.2. The summed E-state index contributed by atoms with van der Waals surface area (Å²) in [6.45, 7) is 2.80. The van der Waals surface area contributed by atoms with E-state index in [0.29, 0.717) is 13.0 Å². The standard InChI is InChI=1S/C10H22O.C3H8O2/c1-2-3-4-5-6-7-8-9-10-11;4-2-1-3-5/h11H,2-10H2,1H3;4-5H,1-3H2. The minimum Gasteiger partial charge on any atom is -0.396 e. The van der Waals surface area contributed by atoms with Crippen LogP contribution in [0.1, 0.15) is 64.7 Å². The topological polar surface area (TPSA) is 60.7 Å². The van der Waals surface area contributed by atoms with Crippen molar-refractivity contribution in [2.24, 2.45) is 0 Å². The molecule has 0 rings (SSSR count). The van der Waals surface area contributed by atoms with Gasteiger partial charge in [-0.15, -0.1) is 0 Å². The molecule has 0 fully saturated rings. The Kier molecular flexibility index (Phi) is 23.2. The highest BCUT2D eigenvalue weighted by molar-refractivity contribution is 4.44. The van der Waals surface area contributed by atoms with Crippen molar-refractivity contribution < 1.29 is 15.3 Å². The number of hydrogen-bond donors (Lipinski definition) is 3. The van der Waals surface area contributed by atoms with Gasteiger partial charge in [-0.25, -0.2) is 0 Å². The van der Waals surface area contributed by atoms with Crippen LogP contribution in [-0.4, -0.2) is 35.1 Å². The SMILES string of the molecule is CCCCCCCCCCO.OCCCO. The van der Waals surface area contributed by atoms with Crippen molar-refractivity contribution in [3.05, 3.63) is 0 Å². The second-order valence-corrected chi connectivity index (χ2v) is 4.00. The van der Waals surface area contributed by atoms with Crippen molar-refractivity contribution in [1.82, 2.24) is 0 Å². The zero-order chi connectivity index (χ0) is 12.5. The van der Waals surface area contributed by atoms with Crippen molar-refractivity contribution in [2.45, 2.75) is 64.7 Å². The third-order valence-corrected chi connectivity index (χ3v) is 2.33. The first-order chi connectivity index (χ1) is 7.83. The molecule has 0 aliphatic carbocycles. The van der Waals surface area contributed by atoms with Gasteiger partial charge in [0.05, 0.1) is 0 Å². The van der Waals surface area contributed by atoms with E-state index in [1.165, 1.54) is 44.9 Å². The molecule has 100 valence electrons. The highest BCUT2D eigenvalue weighted by Crippen LogP contribution is 2.07. The quantitative estimate of drug-likeness (QED) is 0.509. The van der Waals surface area contributed by atoms with E-state index in [1.807, 2.05) is 0 Å². The van der Waals surface area contributed by atoms with E-state index in [0.717, 1.165) is 6.42 Å². The van der Waals surface area contributed by atoms with Crippen molar-refractivity contribution >= 4 is 0 Å². The second kappa shape index (κ2) is 20.3. The summed E-state index contributed by atoms with van der Waals surface area (Å²) < 4.78 is 0. The molecule has 0 saturated heterocycles. The van der Waals surface area contributed by atoms with Gasteiger partial charge in [-0.3, -0.25) is 0 Å². The highest BCUT2D eigenvalue weighted by Gasteiger charge is 1.89. The molecule has 0 aromatic carbocycles. The van der Waals surface area contributed by atoms with Crippen LogP contribution >= 0.6 is 0 Å². The largest absolute Gasteiger partial charge is 0.396 e. The van der Waals surface area contributed by atoms with Gasteiger partial charge in [0.15, 0.2) is 0 Å². The van der Waals surface area contributed by atoms with Gasteiger partial charge in [-0.2, -0.15) is 0 Å². The maximum atomic E-state index is 8.51. The summed E-state index contributed by atoms with van der Waals surface area (Å²) in [5.74, 6) is 0. The van der Waals surface area contributed by atoms with E-state index >= 15 is 0 Å². The molecule has 0 aliphatic heterocycles. The first-order valence-electron chi connectivity index (χ1n) is 6.66. The van der Waals surface area contributed by atoms with Crippen molar-refractivity contribution in [3.8, 4) is 0 Å². The smallest absolute Gasteiger partial charge is 0.0452 e. The minimum atomic E-state index is 0.0938. The van der Waals surface area contributed by atoms with Gasteiger partial charge in [0.2, 0.25) is 0 Å².